The molecule has 1 unspecified atom stereocenters. The molecule has 1 aliphatic carbocycles. The molecule has 1 saturated heterocycles. The van der Waals surface area contributed by atoms with Gasteiger partial charge in [0.1, 0.15) is 11.2 Å². The summed E-state index contributed by atoms with van der Waals surface area (Å²) in [6.07, 6.45) is 6.38. The van der Waals surface area contributed by atoms with Crippen molar-refractivity contribution in [3.05, 3.63) is 39.0 Å². The van der Waals surface area contributed by atoms with E-state index in [0.29, 0.717) is 11.8 Å². The number of ether oxygens (including phenoxy) is 1. The van der Waals surface area contributed by atoms with Gasteiger partial charge in [-0.1, -0.05) is 13.8 Å². The predicted molar refractivity (Wildman–Crippen MR) is 132 cm³/mol. The van der Waals surface area contributed by atoms with Crippen LogP contribution in [0.3, 0.4) is 0 Å². The molecule has 1 spiro atoms. The first kappa shape index (κ1) is 20.5. The van der Waals surface area contributed by atoms with Gasteiger partial charge in [-0.2, -0.15) is 0 Å². The molecular formula is C25H33N5OS. The number of nitrogens with one attached hydrogen (secondary N) is 3. The van der Waals surface area contributed by atoms with E-state index in [1.807, 2.05) is 11.3 Å². The quantitative estimate of drug-likeness (QED) is 0.629. The lowest BCUT2D eigenvalue weighted by Gasteiger charge is -2.49. The molecule has 3 N–H and O–H groups in total. The minimum atomic E-state index is 0.0762. The van der Waals surface area contributed by atoms with Crippen LogP contribution in [0.25, 0.3) is 15.8 Å². The molecule has 2 fully saturated rings. The van der Waals surface area contributed by atoms with E-state index in [1.54, 1.807) is 11.2 Å². The number of allylic oxidation sites excluding steroid dienone is 2. The zero-order valence-corrected chi connectivity index (χ0v) is 20.4. The Morgan fingerprint density at radius 2 is 2.06 bits per heavy atom. The molecule has 32 heavy (non-hydrogen) atoms. The summed E-state index contributed by atoms with van der Waals surface area (Å²) in [5.41, 5.74) is 11.4. The van der Waals surface area contributed by atoms with Gasteiger partial charge in [-0.05, 0) is 67.7 Å². The lowest BCUT2D eigenvalue weighted by molar-refractivity contribution is -0.125. The average molecular weight is 452 g/mol. The molecule has 0 radical (unpaired) electrons. The number of fused-ring (bicyclic) bond motifs is 2. The SMILES string of the molecule is CC1=C(C)C2N=CNN2C=C1c1[nH]c2sc(C3CC4(CNCCO4)C3)c(C)c2c1C(C)C. The third-order valence-electron chi connectivity index (χ3n) is 7.89. The van der Waals surface area contributed by atoms with Crippen molar-refractivity contribution in [2.75, 3.05) is 19.7 Å². The molecule has 1 saturated carbocycles. The van der Waals surface area contributed by atoms with Gasteiger partial charge in [-0.3, -0.25) is 10.4 Å². The first-order valence-corrected chi connectivity index (χ1v) is 12.7. The number of hydrogen-bond donors (Lipinski definition) is 3. The number of rotatable bonds is 3. The Balaban J connectivity index is 1.39. The first-order valence-electron chi connectivity index (χ1n) is 11.8. The van der Waals surface area contributed by atoms with E-state index in [4.69, 9.17) is 4.74 Å². The van der Waals surface area contributed by atoms with Crippen molar-refractivity contribution in [1.29, 1.82) is 0 Å². The second kappa shape index (κ2) is 7.20. The number of H-pyrrole nitrogens is 1. The Bertz CT molecular complexity index is 1170. The molecular weight excluding hydrogens is 418 g/mol. The molecule has 0 bridgehead atoms. The first-order chi connectivity index (χ1) is 15.4. The van der Waals surface area contributed by atoms with Crippen LogP contribution in [0.1, 0.15) is 74.1 Å². The lowest BCUT2D eigenvalue weighted by atomic mass is 9.69. The van der Waals surface area contributed by atoms with E-state index in [0.717, 1.165) is 32.5 Å². The zero-order valence-electron chi connectivity index (χ0n) is 19.6. The van der Waals surface area contributed by atoms with Crippen LogP contribution < -0.4 is 10.7 Å². The fraction of sp³-hybridized carbons (Fsp3) is 0.560. The van der Waals surface area contributed by atoms with Gasteiger partial charge in [-0.25, -0.2) is 4.99 Å². The van der Waals surface area contributed by atoms with Crippen molar-refractivity contribution in [2.24, 2.45) is 4.99 Å². The Morgan fingerprint density at radius 3 is 2.78 bits per heavy atom. The Labute approximate surface area is 193 Å². The van der Waals surface area contributed by atoms with Crippen molar-refractivity contribution in [1.82, 2.24) is 20.7 Å². The third kappa shape index (κ3) is 2.87. The second-order valence-corrected chi connectivity index (χ2v) is 11.3. The van der Waals surface area contributed by atoms with Gasteiger partial charge in [-0.15, -0.1) is 11.3 Å². The summed E-state index contributed by atoms with van der Waals surface area (Å²) in [4.78, 5) is 11.3. The summed E-state index contributed by atoms with van der Waals surface area (Å²) in [6, 6.07) is 0. The van der Waals surface area contributed by atoms with Gasteiger partial charge in [0.25, 0.3) is 0 Å². The van der Waals surface area contributed by atoms with Crippen molar-refractivity contribution >= 4 is 33.5 Å². The van der Waals surface area contributed by atoms with E-state index in [9.17, 15) is 0 Å². The molecule has 2 aromatic rings. The molecule has 170 valence electrons. The number of hydrazine groups is 1. The van der Waals surface area contributed by atoms with Gasteiger partial charge in [0, 0.05) is 35.1 Å². The summed E-state index contributed by atoms with van der Waals surface area (Å²) in [6.45, 7) is 14.2. The van der Waals surface area contributed by atoms with Crippen LogP contribution in [-0.2, 0) is 4.74 Å². The maximum absolute atomic E-state index is 6.17. The predicted octanol–water partition coefficient (Wildman–Crippen LogP) is 4.76. The van der Waals surface area contributed by atoms with Crippen LogP contribution in [0.2, 0.25) is 0 Å². The van der Waals surface area contributed by atoms with Gasteiger partial charge < -0.3 is 15.0 Å². The standard InChI is InChI=1S/C25H33N5OS/c1-13(2)19-20-16(5)22(17-8-25(9-17)11-26-6-7-31-25)32-24(20)29-21(19)18-10-30-23(27-12-28-30)15(4)14(18)3/h10,12-13,17,23,26,29H,6-9,11H2,1-5H3,(H,27,28). The molecule has 3 aliphatic heterocycles. The molecule has 6 rings (SSSR count). The van der Waals surface area contributed by atoms with Gasteiger partial charge in [0.15, 0.2) is 6.17 Å². The van der Waals surface area contributed by atoms with Crippen LogP contribution in [0.5, 0.6) is 0 Å². The fourth-order valence-corrected chi connectivity index (χ4v) is 7.38. The van der Waals surface area contributed by atoms with E-state index in [2.05, 4.69) is 66.5 Å². The normalized spacial score (nSPS) is 29.7. The highest BCUT2D eigenvalue weighted by molar-refractivity contribution is 7.19. The second-order valence-electron chi connectivity index (χ2n) is 10.2. The molecule has 6 nitrogen and oxygen atoms in total. The molecule has 0 aromatic carbocycles. The maximum Gasteiger partial charge on any atom is 0.162 e. The number of aromatic amines is 1. The number of aliphatic imine (C=N–C) groups is 1. The van der Waals surface area contributed by atoms with Gasteiger partial charge >= 0.3 is 0 Å². The highest BCUT2D eigenvalue weighted by Crippen LogP contribution is 2.53. The minimum absolute atomic E-state index is 0.0762. The lowest BCUT2D eigenvalue weighted by Crippen LogP contribution is -2.56. The molecule has 5 heterocycles. The number of thiophene rings is 1. The number of aryl methyl sites for hydroxylation is 1. The average Bonchev–Trinajstić information content (AvgIpc) is 3.44. The minimum Gasteiger partial charge on any atom is -0.372 e. The Kier molecular flexibility index (Phi) is 4.62. The number of nitrogens with zero attached hydrogens (tertiary/aromatic N) is 2. The van der Waals surface area contributed by atoms with E-state index >= 15 is 0 Å². The molecule has 0 amide bonds. The number of aromatic nitrogens is 1. The number of hydrogen-bond acceptors (Lipinski definition) is 6. The van der Waals surface area contributed by atoms with E-state index in [1.165, 1.54) is 43.8 Å². The van der Waals surface area contributed by atoms with Crippen molar-refractivity contribution in [3.63, 3.8) is 0 Å². The number of morpholine rings is 1. The fourth-order valence-electron chi connectivity index (χ4n) is 6.06. The highest BCUT2D eigenvalue weighted by atomic mass is 32.1. The van der Waals surface area contributed by atoms with Gasteiger partial charge in [0.2, 0.25) is 0 Å². The van der Waals surface area contributed by atoms with Crippen LogP contribution in [0, 0.1) is 6.92 Å². The van der Waals surface area contributed by atoms with E-state index < -0.39 is 0 Å². The smallest absolute Gasteiger partial charge is 0.162 e. The topological polar surface area (TPSA) is 64.7 Å². The van der Waals surface area contributed by atoms with Crippen LogP contribution in [0.4, 0.5) is 0 Å². The highest BCUT2D eigenvalue weighted by Gasteiger charge is 2.48. The summed E-state index contributed by atoms with van der Waals surface area (Å²) in [7, 11) is 0. The molecule has 4 aliphatic rings. The van der Waals surface area contributed by atoms with Crippen molar-refractivity contribution < 1.29 is 4.74 Å². The van der Waals surface area contributed by atoms with Crippen LogP contribution in [0.15, 0.2) is 22.3 Å². The van der Waals surface area contributed by atoms with Crippen LogP contribution >= 0.6 is 11.3 Å². The molecule has 2 aromatic heterocycles. The van der Waals surface area contributed by atoms with Gasteiger partial charge in [0.05, 0.1) is 17.9 Å². The molecule has 1 atom stereocenters. The zero-order chi connectivity index (χ0) is 22.2. The molecule has 7 heteroatoms. The largest absolute Gasteiger partial charge is 0.372 e. The monoisotopic (exact) mass is 451 g/mol. The van der Waals surface area contributed by atoms with Crippen molar-refractivity contribution in [3.8, 4) is 0 Å². The summed E-state index contributed by atoms with van der Waals surface area (Å²) >= 11 is 1.96. The van der Waals surface area contributed by atoms with Crippen LogP contribution in [-0.4, -0.2) is 47.8 Å². The Morgan fingerprint density at radius 1 is 1.25 bits per heavy atom. The van der Waals surface area contributed by atoms with Crippen molar-refractivity contribution in [2.45, 2.75) is 71.1 Å². The summed E-state index contributed by atoms with van der Waals surface area (Å²) in [5.74, 6) is 1.06. The Hall–Kier alpha value is -2.09. The summed E-state index contributed by atoms with van der Waals surface area (Å²) in [5, 5.41) is 7.08. The van der Waals surface area contributed by atoms with E-state index in [-0.39, 0.29) is 11.8 Å². The third-order valence-corrected chi connectivity index (χ3v) is 9.26. The summed E-state index contributed by atoms with van der Waals surface area (Å²) < 4.78 is 6.17. The maximum atomic E-state index is 6.17.